The number of hydrogen-bond donors (Lipinski definition) is 1. The van der Waals surface area contributed by atoms with Gasteiger partial charge >= 0.3 is 5.97 Å². The van der Waals surface area contributed by atoms with Gasteiger partial charge in [-0.1, -0.05) is 51.0 Å². The molecule has 0 fully saturated rings. The van der Waals surface area contributed by atoms with E-state index in [1.54, 1.807) is 31.2 Å². The van der Waals surface area contributed by atoms with E-state index in [0.29, 0.717) is 22.9 Å². The zero-order valence-corrected chi connectivity index (χ0v) is 18.1. The number of hydrogen-bond acceptors (Lipinski definition) is 4. The Balaban J connectivity index is 1.81. The number of benzene rings is 3. The SMILES string of the molecule is CCCc1ccc(OC(C)(Oc2ccc(N)cc2)Oc2ccc(CCC)cc2)cc1. The molecular formula is C26H31NO3. The van der Waals surface area contributed by atoms with Crippen molar-refractivity contribution < 1.29 is 14.2 Å². The van der Waals surface area contributed by atoms with Crippen LogP contribution in [0.5, 0.6) is 17.2 Å². The van der Waals surface area contributed by atoms with Gasteiger partial charge in [0.05, 0.1) is 6.92 Å². The number of nitrogen functional groups attached to an aromatic ring is 1. The number of nitrogens with two attached hydrogens (primary N) is 1. The Morgan fingerprint density at radius 2 is 0.933 bits per heavy atom. The molecule has 0 aromatic heterocycles. The molecule has 0 saturated heterocycles. The predicted octanol–water partition coefficient (Wildman–Crippen LogP) is 6.38. The summed E-state index contributed by atoms with van der Waals surface area (Å²) < 4.78 is 18.5. The Morgan fingerprint density at radius 3 is 1.27 bits per heavy atom. The van der Waals surface area contributed by atoms with Gasteiger partial charge in [-0.05, 0) is 72.5 Å². The zero-order chi connectivity index (χ0) is 21.4. The summed E-state index contributed by atoms with van der Waals surface area (Å²) in [6.45, 7) is 6.10. The van der Waals surface area contributed by atoms with E-state index in [9.17, 15) is 0 Å². The van der Waals surface area contributed by atoms with Crippen molar-refractivity contribution in [2.24, 2.45) is 0 Å². The minimum absolute atomic E-state index is 0.608. The van der Waals surface area contributed by atoms with Crippen molar-refractivity contribution in [3.8, 4) is 17.2 Å². The maximum atomic E-state index is 6.18. The predicted molar refractivity (Wildman–Crippen MR) is 122 cm³/mol. The van der Waals surface area contributed by atoms with E-state index in [-0.39, 0.29) is 0 Å². The lowest BCUT2D eigenvalue weighted by molar-refractivity contribution is -0.238. The van der Waals surface area contributed by atoms with Gasteiger partial charge < -0.3 is 19.9 Å². The van der Waals surface area contributed by atoms with Gasteiger partial charge in [-0.3, -0.25) is 0 Å². The summed E-state index contributed by atoms with van der Waals surface area (Å²) in [5.74, 6) is 0.608. The third kappa shape index (κ3) is 6.18. The van der Waals surface area contributed by atoms with Gasteiger partial charge in [-0.25, -0.2) is 0 Å². The third-order valence-electron chi connectivity index (χ3n) is 4.71. The zero-order valence-electron chi connectivity index (χ0n) is 18.1. The maximum absolute atomic E-state index is 6.18. The molecule has 0 radical (unpaired) electrons. The van der Waals surface area contributed by atoms with Crippen molar-refractivity contribution in [1.82, 2.24) is 0 Å². The van der Waals surface area contributed by atoms with Crippen molar-refractivity contribution in [2.45, 2.75) is 52.4 Å². The summed E-state index contributed by atoms with van der Waals surface area (Å²) in [7, 11) is 0. The van der Waals surface area contributed by atoms with E-state index in [4.69, 9.17) is 19.9 Å². The first-order valence-electron chi connectivity index (χ1n) is 10.6. The molecule has 0 aliphatic rings. The van der Waals surface area contributed by atoms with Gasteiger partial charge in [0.1, 0.15) is 17.2 Å². The van der Waals surface area contributed by atoms with E-state index in [1.165, 1.54) is 11.1 Å². The second-order valence-electron chi connectivity index (χ2n) is 7.53. The van der Waals surface area contributed by atoms with E-state index in [1.807, 2.05) is 24.3 Å². The minimum Gasteiger partial charge on any atom is -0.421 e. The molecule has 0 unspecified atom stereocenters. The molecular weight excluding hydrogens is 374 g/mol. The lowest BCUT2D eigenvalue weighted by Gasteiger charge is -2.31. The molecule has 30 heavy (non-hydrogen) atoms. The standard InChI is InChI=1S/C26H31NO3/c1-4-6-20-8-14-23(15-9-20)28-26(3,30-25-18-12-22(27)13-19-25)29-24-16-10-21(7-5-2)11-17-24/h8-19H,4-7,27H2,1-3H3. The number of rotatable bonds is 10. The fraction of sp³-hybridized carbons (Fsp3) is 0.308. The molecule has 158 valence electrons. The van der Waals surface area contributed by atoms with Crippen LogP contribution in [0.2, 0.25) is 0 Å². The third-order valence-corrected chi connectivity index (χ3v) is 4.71. The van der Waals surface area contributed by atoms with E-state index >= 15 is 0 Å². The number of anilines is 1. The second-order valence-corrected chi connectivity index (χ2v) is 7.53. The van der Waals surface area contributed by atoms with Crippen LogP contribution < -0.4 is 19.9 Å². The Bertz CT molecular complexity index is 851. The molecule has 3 rings (SSSR count). The molecule has 0 bridgehead atoms. The van der Waals surface area contributed by atoms with Crippen LogP contribution in [-0.2, 0) is 12.8 Å². The second kappa shape index (κ2) is 10.1. The molecule has 0 saturated carbocycles. The summed E-state index contributed by atoms with van der Waals surface area (Å²) in [4.78, 5) is 0. The van der Waals surface area contributed by atoms with Gasteiger partial charge in [-0.15, -0.1) is 0 Å². The van der Waals surface area contributed by atoms with Crippen LogP contribution in [0.1, 0.15) is 44.7 Å². The van der Waals surface area contributed by atoms with Crippen molar-refractivity contribution in [1.29, 1.82) is 0 Å². The molecule has 2 N–H and O–H groups in total. The van der Waals surface area contributed by atoms with Crippen LogP contribution in [0, 0.1) is 0 Å². The lowest BCUT2D eigenvalue weighted by atomic mass is 10.1. The molecule has 0 aliphatic carbocycles. The molecule has 0 aliphatic heterocycles. The van der Waals surface area contributed by atoms with Crippen LogP contribution >= 0.6 is 0 Å². The molecule has 0 amide bonds. The highest BCUT2D eigenvalue weighted by molar-refractivity contribution is 5.41. The first kappa shape index (κ1) is 21.6. The van der Waals surface area contributed by atoms with Crippen molar-refractivity contribution in [2.75, 3.05) is 5.73 Å². The van der Waals surface area contributed by atoms with Gasteiger partial charge in [0, 0.05) is 5.69 Å². The molecule has 4 nitrogen and oxygen atoms in total. The monoisotopic (exact) mass is 405 g/mol. The van der Waals surface area contributed by atoms with E-state index in [0.717, 1.165) is 25.7 Å². The van der Waals surface area contributed by atoms with Crippen LogP contribution in [0.25, 0.3) is 0 Å². The summed E-state index contributed by atoms with van der Waals surface area (Å²) >= 11 is 0. The van der Waals surface area contributed by atoms with E-state index in [2.05, 4.69) is 38.1 Å². The van der Waals surface area contributed by atoms with Crippen molar-refractivity contribution in [3.05, 3.63) is 83.9 Å². The first-order valence-corrected chi connectivity index (χ1v) is 10.6. The minimum atomic E-state index is -1.35. The maximum Gasteiger partial charge on any atom is 0.414 e. The quantitative estimate of drug-likeness (QED) is 0.314. The normalized spacial score (nSPS) is 11.2. The van der Waals surface area contributed by atoms with Crippen molar-refractivity contribution in [3.63, 3.8) is 0 Å². The summed E-state index contributed by atoms with van der Waals surface area (Å²) in [6, 6.07) is 23.3. The molecule has 4 heteroatoms. The lowest BCUT2D eigenvalue weighted by Crippen LogP contribution is -2.45. The summed E-state index contributed by atoms with van der Waals surface area (Å²) in [5.41, 5.74) is 9.02. The Morgan fingerprint density at radius 1 is 0.600 bits per heavy atom. The fourth-order valence-corrected chi connectivity index (χ4v) is 3.27. The Hall–Kier alpha value is -3.14. The molecule has 0 heterocycles. The average Bonchev–Trinajstić information content (AvgIpc) is 2.73. The highest BCUT2D eigenvalue weighted by atomic mass is 16.9. The van der Waals surface area contributed by atoms with Gasteiger partial charge in [0.25, 0.3) is 0 Å². The number of ether oxygens (including phenoxy) is 3. The molecule has 0 spiro atoms. The highest BCUT2D eigenvalue weighted by Crippen LogP contribution is 2.28. The Labute approximate surface area is 179 Å². The van der Waals surface area contributed by atoms with Gasteiger partial charge in [0.2, 0.25) is 0 Å². The van der Waals surface area contributed by atoms with Crippen LogP contribution in [-0.4, -0.2) is 5.97 Å². The van der Waals surface area contributed by atoms with Gasteiger partial charge in [-0.2, -0.15) is 0 Å². The first-order chi connectivity index (χ1) is 14.5. The Kier molecular flexibility index (Phi) is 7.23. The van der Waals surface area contributed by atoms with Crippen molar-refractivity contribution >= 4 is 5.69 Å². The molecule has 3 aromatic rings. The average molecular weight is 406 g/mol. The summed E-state index contributed by atoms with van der Waals surface area (Å²) in [5, 5.41) is 0. The number of aryl methyl sites for hydroxylation is 2. The van der Waals surface area contributed by atoms with Crippen LogP contribution in [0.3, 0.4) is 0 Å². The summed E-state index contributed by atoms with van der Waals surface area (Å²) in [6.07, 6.45) is 4.30. The topological polar surface area (TPSA) is 53.7 Å². The smallest absolute Gasteiger partial charge is 0.414 e. The van der Waals surface area contributed by atoms with Crippen LogP contribution in [0.4, 0.5) is 5.69 Å². The molecule has 3 aromatic carbocycles. The van der Waals surface area contributed by atoms with Crippen LogP contribution in [0.15, 0.2) is 72.8 Å². The van der Waals surface area contributed by atoms with E-state index < -0.39 is 5.97 Å². The molecule has 0 atom stereocenters. The largest absolute Gasteiger partial charge is 0.421 e. The highest BCUT2D eigenvalue weighted by Gasteiger charge is 2.32. The van der Waals surface area contributed by atoms with Gasteiger partial charge in [0.15, 0.2) is 0 Å². The fourth-order valence-electron chi connectivity index (χ4n) is 3.27.